The molecule has 0 saturated heterocycles. The molecule has 0 aromatic carbocycles. The quantitative estimate of drug-likeness (QED) is 0.644. The van der Waals surface area contributed by atoms with Gasteiger partial charge >= 0.3 is 5.97 Å². The number of Topliss-reactive ketones (excluding diaryl/α,β-unsaturated/α-hetero) is 2. The van der Waals surface area contributed by atoms with Gasteiger partial charge in [0, 0.05) is 30.1 Å². The highest BCUT2D eigenvalue weighted by atomic mass is 16.4. The highest BCUT2D eigenvalue weighted by molar-refractivity contribution is 5.98. The molecule has 0 aromatic rings. The molecule has 4 saturated carbocycles. The van der Waals surface area contributed by atoms with Crippen LogP contribution in [0.4, 0.5) is 0 Å². The van der Waals surface area contributed by atoms with Crippen LogP contribution in [0.25, 0.3) is 0 Å². The predicted molar refractivity (Wildman–Crippen MR) is 114 cm³/mol. The summed E-state index contributed by atoms with van der Waals surface area (Å²) in [5, 5.41) is 10.1. The highest BCUT2D eigenvalue weighted by Crippen LogP contribution is 2.74. The molecular formula is C26H36O4. The number of aliphatic carboxylic acids is 1. The molecular weight excluding hydrogens is 376 g/mol. The third kappa shape index (κ3) is 2.31. The maximum absolute atomic E-state index is 13.3. The van der Waals surface area contributed by atoms with E-state index in [1.807, 2.05) is 6.92 Å². The van der Waals surface area contributed by atoms with Crippen LogP contribution < -0.4 is 0 Å². The average Bonchev–Trinajstić information content (AvgIpc) is 2.69. The summed E-state index contributed by atoms with van der Waals surface area (Å²) in [5.74, 6) is 0.677. The van der Waals surface area contributed by atoms with E-state index in [9.17, 15) is 19.5 Å². The molecule has 0 aliphatic heterocycles. The van der Waals surface area contributed by atoms with Gasteiger partial charge in [0.25, 0.3) is 0 Å². The number of carbonyl (C=O) groups excluding carboxylic acids is 2. The first-order valence-corrected chi connectivity index (χ1v) is 12.1. The molecule has 164 valence electrons. The van der Waals surface area contributed by atoms with Crippen LogP contribution in [0.15, 0.2) is 11.6 Å². The maximum atomic E-state index is 13.3. The molecule has 6 aliphatic rings. The molecule has 4 nitrogen and oxygen atoms in total. The number of carbonyl (C=O) groups is 3. The highest BCUT2D eigenvalue weighted by Gasteiger charge is 2.70. The lowest BCUT2D eigenvalue weighted by molar-refractivity contribution is -0.200. The third-order valence-electron chi connectivity index (χ3n) is 10.5. The Morgan fingerprint density at radius 1 is 1.07 bits per heavy atom. The molecule has 0 aromatic heterocycles. The maximum Gasteiger partial charge on any atom is 0.309 e. The van der Waals surface area contributed by atoms with E-state index in [0.717, 1.165) is 38.5 Å². The van der Waals surface area contributed by atoms with Crippen molar-refractivity contribution in [1.29, 1.82) is 0 Å². The Bertz CT molecular complexity index is 855. The van der Waals surface area contributed by atoms with Crippen molar-refractivity contribution in [3.8, 4) is 0 Å². The fraction of sp³-hybridized carbons (Fsp3) is 0.808. The van der Waals surface area contributed by atoms with E-state index >= 15 is 0 Å². The number of carboxylic acid groups (broad SMARTS) is 1. The van der Waals surface area contributed by atoms with Crippen molar-refractivity contribution in [1.82, 2.24) is 0 Å². The number of hydrogen-bond acceptors (Lipinski definition) is 3. The average molecular weight is 413 g/mol. The molecule has 0 heterocycles. The van der Waals surface area contributed by atoms with Gasteiger partial charge in [0.05, 0.1) is 5.41 Å². The lowest BCUT2D eigenvalue weighted by Crippen LogP contribution is -2.67. The zero-order valence-corrected chi connectivity index (χ0v) is 18.9. The van der Waals surface area contributed by atoms with Gasteiger partial charge in [0.1, 0.15) is 11.6 Å². The molecule has 30 heavy (non-hydrogen) atoms. The lowest BCUT2D eigenvalue weighted by atomic mass is 9.33. The van der Waals surface area contributed by atoms with Crippen LogP contribution in [-0.2, 0) is 14.4 Å². The lowest BCUT2D eigenvalue weighted by Gasteiger charge is -2.70. The Labute approximate surface area is 179 Å². The van der Waals surface area contributed by atoms with E-state index < -0.39 is 11.4 Å². The van der Waals surface area contributed by atoms with E-state index in [0.29, 0.717) is 36.2 Å². The SMILES string of the molecule is CC(C)C1=CC23CCC4[C@@](C)(CCC[C@]4(C)C(=O)O)C2CC1[C@H]1C(=O)CCC(=O)[C@H]13. The second kappa shape index (κ2) is 6.29. The van der Waals surface area contributed by atoms with Gasteiger partial charge in [-0.15, -0.1) is 0 Å². The largest absolute Gasteiger partial charge is 0.481 e. The minimum Gasteiger partial charge on any atom is -0.481 e. The standard InChI is InChI=1S/C26H36O4/c1-14(2)16-13-26-11-8-19-24(3,9-5-10-25(19,4)23(29)30)20(26)12-15(16)21-17(27)6-7-18(28)22(21)26/h13-15,19-22H,5-12H2,1-4H3,(H,29,30)/t15?,19?,20?,21-,22+,24+,25-,26?/m0/s1. The van der Waals surface area contributed by atoms with Crippen molar-refractivity contribution in [2.24, 2.45) is 51.8 Å². The molecule has 1 N–H and O–H groups in total. The van der Waals surface area contributed by atoms with Crippen LogP contribution in [0.5, 0.6) is 0 Å². The number of rotatable bonds is 2. The molecule has 0 radical (unpaired) electrons. The van der Waals surface area contributed by atoms with Gasteiger partial charge in [-0.1, -0.05) is 38.8 Å². The first-order valence-electron chi connectivity index (χ1n) is 12.1. The summed E-state index contributed by atoms with van der Waals surface area (Å²) < 4.78 is 0. The monoisotopic (exact) mass is 412 g/mol. The van der Waals surface area contributed by atoms with Crippen molar-refractivity contribution >= 4 is 17.5 Å². The molecule has 6 aliphatic carbocycles. The third-order valence-corrected chi connectivity index (χ3v) is 10.5. The fourth-order valence-electron chi connectivity index (χ4n) is 9.34. The van der Waals surface area contributed by atoms with Crippen molar-refractivity contribution in [2.75, 3.05) is 0 Å². The van der Waals surface area contributed by atoms with Crippen LogP contribution in [0.1, 0.15) is 79.1 Å². The molecule has 4 unspecified atom stereocenters. The summed E-state index contributed by atoms with van der Waals surface area (Å²) in [6.45, 7) is 8.73. The van der Waals surface area contributed by atoms with Crippen LogP contribution in [0, 0.1) is 51.8 Å². The van der Waals surface area contributed by atoms with Gasteiger partial charge in [-0.2, -0.15) is 0 Å². The second-order valence-corrected chi connectivity index (χ2v) is 11.9. The minimum atomic E-state index is -0.679. The van der Waals surface area contributed by atoms with Crippen LogP contribution in [-0.4, -0.2) is 22.6 Å². The summed E-state index contributed by atoms with van der Waals surface area (Å²) in [4.78, 5) is 38.8. The first kappa shape index (κ1) is 20.5. The topological polar surface area (TPSA) is 71.4 Å². The molecule has 1 spiro atoms. The van der Waals surface area contributed by atoms with E-state index in [1.165, 1.54) is 5.57 Å². The van der Waals surface area contributed by atoms with Gasteiger partial charge in [-0.05, 0) is 68.1 Å². The Kier molecular flexibility index (Phi) is 4.29. The number of fused-ring (bicyclic) bond motifs is 1. The molecule has 8 atom stereocenters. The fourth-order valence-corrected chi connectivity index (χ4v) is 9.34. The number of carboxylic acids is 1. The minimum absolute atomic E-state index is 0.0767. The van der Waals surface area contributed by atoms with Gasteiger partial charge in [-0.25, -0.2) is 0 Å². The predicted octanol–water partition coefficient (Wildman–Crippen LogP) is 5.06. The summed E-state index contributed by atoms with van der Waals surface area (Å²) >= 11 is 0. The summed E-state index contributed by atoms with van der Waals surface area (Å²) in [6.07, 6.45) is 8.70. The van der Waals surface area contributed by atoms with Gasteiger partial charge < -0.3 is 5.11 Å². The van der Waals surface area contributed by atoms with Crippen LogP contribution in [0.3, 0.4) is 0 Å². The summed E-state index contributed by atoms with van der Waals surface area (Å²) in [5.41, 5.74) is 0.400. The smallest absolute Gasteiger partial charge is 0.309 e. The van der Waals surface area contributed by atoms with E-state index in [1.54, 1.807) is 0 Å². The molecule has 0 amide bonds. The Morgan fingerprint density at radius 2 is 1.77 bits per heavy atom. The van der Waals surface area contributed by atoms with Gasteiger partial charge in [-0.3, -0.25) is 14.4 Å². The first-order chi connectivity index (χ1) is 14.1. The zero-order valence-electron chi connectivity index (χ0n) is 18.9. The van der Waals surface area contributed by atoms with E-state index in [4.69, 9.17) is 0 Å². The normalized spacial score (nSPS) is 49.9. The van der Waals surface area contributed by atoms with E-state index in [2.05, 4.69) is 26.8 Å². The number of hydrogen-bond donors (Lipinski definition) is 1. The Hall–Kier alpha value is -1.45. The second-order valence-electron chi connectivity index (χ2n) is 11.9. The van der Waals surface area contributed by atoms with E-state index in [-0.39, 0.29) is 34.5 Å². The van der Waals surface area contributed by atoms with Crippen molar-refractivity contribution in [3.05, 3.63) is 11.6 Å². The molecule has 4 fully saturated rings. The number of allylic oxidation sites excluding steroid dienone is 2. The number of ketones is 2. The Morgan fingerprint density at radius 3 is 2.43 bits per heavy atom. The summed E-state index contributed by atoms with van der Waals surface area (Å²) in [6, 6.07) is 0. The van der Waals surface area contributed by atoms with Crippen LogP contribution >= 0.6 is 0 Å². The van der Waals surface area contributed by atoms with Crippen molar-refractivity contribution in [2.45, 2.75) is 79.1 Å². The van der Waals surface area contributed by atoms with Gasteiger partial charge in [0.2, 0.25) is 0 Å². The Balaban J connectivity index is 1.67. The van der Waals surface area contributed by atoms with Crippen molar-refractivity contribution in [3.63, 3.8) is 0 Å². The molecule has 4 heteroatoms. The zero-order chi connectivity index (χ0) is 21.6. The van der Waals surface area contributed by atoms with Crippen LogP contribution in [0.2, 0.25) is 0 Å². The molecule has 2 bridgehead atoms. The van der Waals surface area contributed by atoms with Crippen molar-refractivity contribution < 1.29 is 19.5 Å². The van der Waals surface area contributed by atoms with Gasteiger partial charge in [0.15, 0.2) is 0 Å². The molecule has 6 rings (SSSR count). The summed E-state index contributed by atoms with van der Waals surface area (Å²) in [7, 11) is 0.